The lowest BCUT2D eigenvalue weighted by Crippen LogP contribution is -2.15. The van der Waals surface area contributed by atoms with Crippen LogP contribution in [0.15, 0.2) is 47.8 Å². The van der Waals surface area contributed by atoms with Gasteiger partial charge in [0.05, 0.1) is 12.8 Å². The summed E-state index contributed by atoms with van der Waals surface area (Å²) in [7, 11) is 1.47. The fourth-order valence-electron chi connectivity index (χ4n) is 2.25. The predicted molar refractivity (Wildman–Crippen MR) is 102 cm³/mol. The quantitative estimate of drug-likeness (QED) is 0.695. The van der Waals surface area contributed by atoms with Crippen molar-refractivity contribution in [2.24, 2.45) is 5.73 Å². The van der Waals surface area contributed by atoms with Crippen LogP contribution in [-0.4, -0.2) is 23.9 Å². The van der Waals surface area contributed by atoms with Gasteiger partial charge in [0.2, 0.25) is 5.91 Å². The number of primary amides is 1. The molecule has 0 saturated carbocycles. The van der Waals surface area contributed by atoms with Crippen LogP contribution >= 0.6 is 22.9 Å². The summed E-state index contributed by atoms with van der Waals surface area (Å²) >= 11 is 7.23. The maximum absolute atomic E-state index is 12.5. The van der Waals surface area contributed by atoms with Gasteiger partial charge in [-0.05, 0) is 30.3 Å². The molecule has 3 N–H and O–H groups in total. The number of nitrogens with one attached hydrogen (secondary N) is 1. The minimum Gasteiger partial charge on any atom is -0.495 e. The molecule has 0 fully saturated rings. The van der Waals surface area contributed by atoms with Crippen LogP contribution in [0.2, 0.25) is 5.02 Å². The number of rotatable bonds is 5. The van der Waals surface area contributed by atoms with Gasteiger partial charge < -0.3 is 15.8 Å². The van der Waals surface area contributed by atoms with Gasteiger partial charge in [-0.25, -0.2) is 4.98 Å². The molecule has 1 heterocycles. The molecule has 0 radical (unpaired) electrons. The Kier molecular flexibility index (Phi) is 5.20. The molecule has 3 rings (SSSR count). The highest BCUT2D eigenvalue weighted by Gasteiger charge is 2.15. The summed E-state index contributed by atoms with van der Waals surface area (Å²) in [4.78, 5) is 28.2. The fourth-order valence-corrected chi connectivity index (χ4v) is 3.18. The lowest BCUT2D eigenvalue weighted by Gasteiger charge is -2.10. The molecule has 0 aliphatic carbocycles. The van der Waals surface area contributed by atoms with E-state index in [0.717, 1.165) is 5.56 Å². The number of aromatic nitrogens is 1. The third kappa shape index (κ3) is 3.84. The molecule has 132 valence electrons. The number of hydrogen-bond acceptors (Lipinski definition) is 5. The molecule has 3 aromatic rings. The number of anilines is 1. The lowest BCUT2D eigenvalue weighted by atomic mass is 10.1. The SMILES string of the molecule is COc1ccc(C(N)=O)cc1NC(=O)c1csc(-c2ccc(Cl)cc2)n1. The number of nitrogens with two attached hydrogens (primary N) is 1. The zero-order valence-electron chi connectivity index (χ0n) is 13.7. The monoisotopic (exact) mass is 387 g/mol. The second-order valence-corrected chi connectivity index (χ2v) is 6.57. The van der Waals surface area contributed by atoms with E-state index in [4.69, 9.17) is 22.1 Å². The molecule has 0 bridgehead atoms. The highest BCUT2D eigenvalue weighted by molar-refractivity contribution is 7.13. The van der Waals surface area contributed by atoms with Crippen molar-refractivity contribution in [1.82, 2.24) is 4.98 Å². The van der Waals surface area contributed by atoms with Crippen LogP contribution in [0, 0.1) is 0 Å². The Hall–Kier alpha value is -2.90. The molecule has 8 heteroatoms. The largest absolute Gasteiger partial charge is 0.495 e. The number of nitrogens with zero attached hydrogens (tertiary/aromatic N) is 1. The minimum atomic E-state index is -0.596. The first-order chi connectivity index (χ1) is 12.5. The summed E-state index contributed by atoms with van der Waals surface area (Å²) in [5.41, 5.74) is 7.01. The molecular formula is C18H14ClN3O3S. The predicted octanol–water partition coefficient (Wildman–Crippen LogP) is 3.82. The topological polar surface area (TPSA) is 94.3 Å². The second-order valence-electron chi connectivity index (χ2n) is 5.28. The number of thiazole rings is 1. The first kappa shape index (κ1) is 17.9. The van der Waals surface area contributed by atoms with Crippen molar-refractivity contribution in [3.63, 3.8) is 0 Å². The average molecular weight is 388 g/mol. The summed E-state index contributed by atoms with van der Waals surface area (Å²) < 4.78 is 5.21. The zero-order chi connectivity index (χ0) is 18.7. The Morgan fingerprint density at radius 2 is 1.92 bits per heavy atom. The van der Waals surface area contributed by atoms with Crippen molar-refractivity contribution in [3.05, 3.63) is 64.1 Å². The highest BCUT2D eigenvalue weighted by atomic mass is 35.5. The molecule has 26 heavy (non-hydrogen) atoms. The fraction of sp³-hybridized carbons (Fsp3) is 0.0556. The minimum absolute atomic E-state index is 0.256. The maximum atomic E-state index is 12.5. The molecule has 0 aliphatic rings. The van der Waals surface area contributed by atoms with Gasteiger partial charge in [-0.1, -0.05) is 23.7 Å². The Morgan fingerprint density at radius 1 is 1.19 bits per heavy atom. The van der Waals surface area contributed by atoms with E-state index in [1.807, 2.05) is 12.1 Å². The molecule has 0 aliphatic heterocycles. The van der Waals surface area contributed by atoms with Gasteiger partial charge in [0, 0.05) is 21.5 Å². The normalized spacial score (nSPS) is 10.4. The molecule has 1 aromatic heterocycles. The molecule has 6 nitrogen and oxygen atoms in total. The zero-order valence-corrected chi connectivity index (χ0v) is 15.2. The van der Waals surface area contributed by atoms with Crippen molar-refractivity contribution in [2.75, 3.05) is 12.4 Å². The van der Waals surface area contributed by atoms with Gasteiger partial charge in [-0.15, -0.1) is 11.3 Å². The summed E-state index contributed by atoms with van der Waals surface area (Å²) in [6.07, 6.45) is 0. The highest BCUT2D eigenvalue weighted by Crippen LogP contribution is 2.28. The number of methoxy groups -OCH3 is 1. The molecule has 0 atom stereocenters. The molecular weight excluding hydrogens is 374 g/mol. The standard InChI is InChI=1S/C18H14ClN3O3S/c1-25-15-7-4-11(16(20)23)8-13(15)21-17(24)14-9-26-18(22-14)10-2-5-12(19)6-3-10/h2-9H,1H3,(H2,20,23)(H,21,24). The second kappa shape index (κ2) is 7.55. The summed E-state index contributed by atoms with van der Waals surface area (Å²) in [5.74, 6) is -0.597. The van der Waals surface area contributed by atoms with Crippen LogP contribution in [-0.2, 0) is 0 Å². The van der Waals surface area contributed by atoms with Crippen molar-refractivity contribution in [2.45, 2.75) is 0 Å². The smallest absolute Gasteiger partial charge is 0.275 e. The molecule has 0 unspecified atom stereocenters. The number of benzene rings is 2. The van der Waals surface area contributed by atoms with E-state index >= 15 is 0 Å². The van der Waals surface area contributed by atoms with Crippen molar-refractivity contribution >= 4 is 40.4 Å². The van der Waals surface area contributed by atoms with E-state index in [9.17, 15) is 9.59 Å². The van der Waals surface area contributed by atoms with Gasteiger partial charge in [0.1, 0.15) is 16.5 Å². The third-order valence-corrected chi connectivity index (χ3v) is 4.70. The Bertz CT molecular complexity index is 970. The maximum Gasteiger partial charge on any atom is 0.275 e. The van der Waals surface area contributed by atoms with Crippen LogP contribution in [0.1, 0.15) is 20.8 Å². The van der Waals surface area contributed by atoms with Gasteiger partial charge in [-0.2, -0.15) is 0 Å². The number of hydrogen-bond donors (Lipinski definition) is 2. The molecule has 2 amide bonds. The van der Waals surface area contributed by atoms with Gasteiger partial charge in [0.25, 0.3) is 5.91 Å². The summed E-state index contributed by atoms with van der Waals surface area (Å²) in [6.45, 7) is 0. The molecule has 0 saturated heterocycles. The summed E-state index contributed by atoms with van der Waals surface area (Å²) in [5, 5.41) is 5.68. The number of ether oxygens (including phenoxy) is 1. The first-order valence-electron chi connectivity index (χ1n) is 7.48. The van der Waals surface area contributed by atoms with E-state index in [0.29, 0.717) is 21.5 Å². The van der Waals surface area contributed by atoms with Gasteiger partial charge in [0.15, 0.2) is 0 Å². The number of carbonyl (C=O) groups is 2. The Morgan fingerprint density at radius 3 is 2.58 bits per heavy atom. The van der Waals surface area contributed by atoms with Crippen molar-refractivity contribution in [1.29, 1.82) is 0 Å². The Balaban J connectivity index is 1.84. The molecule has 0 spiro atoms. The van der Waals surface area contributed by atoms with Crippen LogP contribution in [0.25, 0.3) is 10.6 Å². The van der Waals surface area contributed by atoms with E-state index in [2.05, 4.69) is 10.3 Å². The first-order valence-corrected chi connectivity index (χ1v) is 8.74. The van der Waals surface area contributed by atoms with E-state index in [1.165, 1.54) is 30.6 Å². The van der Waals surface area contributed by atoms with E-state index < -0.39 is 11.8 Å². The van der Waals surface area contributed by atoms with Crippen LogP contribution < -0.4 is 15.8 Å². The third-order valence-electron chi connectivity index (χ3n) is 3.56. The van der Waals surface area contributed by atoms with Crippen LogP contribution in [0.4, 0.5) is 5.69 Å². The van der Waals surface area contributed by atoms with E-state index in [-0.39, 0.29) is 11.3 Å². The number of halogens is 1. The summed E-state index contributed by atoms with van der Waals surface area (Å²) in [6, 6.07) is 11.8. The van der Waals surface area contributed by atoms with Crippen molar-refractivity contribution in [3.8, 4) is 16.3 Å². The Labute approximate surface area is 158 Å². The lowest BCUT2D eigenvalue weighted by molar-refractivity contribution is 0.0995. The average Bonchev–Trinajstić information content (AvgIpc) is 3.12. The molecule has 2 aromatic carbocycles. The van der Waals surface area contributed by atoms with Crippen LogP contribution in [0.3, 0.4) is 0 Å². The number of amides is 2. The van der Waals surface area contributed by atoms with E-state index in [1.54, 1.807) is 23.6 Å². The number of carbonyl (C=O) groups excluding carboxylic acids is 2. The van der Waals surface area contributed by atoms with Gasteiger partial charge >= 0.3 is 0 Å². The van der Waals surface area contributed by atoms with Gasteiger partial charge in [-0.3, -0.25) is 9.59 Å². The van der Waals surface area contributed by atoms with Crippen molar-refractivity contribution < 1.29 is 14.3 Å². The van der Waals surface area contributed by atoms with Crippen LogP contribution in [0.5, 0.6) is 5.75 Å².